The molecule has 22 heavy (non-hydrogen) atoms. The summed E-state index contributed by atoms with van der Waals surface area (Å²) in [6, 6.07) is 0.850. The molecular weight excluding hydrogens is 297 g/mol. The number of halogens is 3. The molecule has 0 bridgehead atoms. The summed E-state index contributed by atoms with van der Waals surface area (Å²) < 4.78 is 39.8. The van der Waals surface area contributed by atoms with Crippen LogP contribution in [0.25, 0.3) is 11.0 Å². The molecule has 1 aliphatic carbocycles. The zero-order chi connectivity index (χ0) is 15.9. The number of aromatic amines is 1. The lowest BCUT2D eigenvalue weighted by Crippen LogP contribution is -2.18. The lowest BCUT2D eigenvalue weighted by molar-refractivity contribution is -0.141. The van der Waals surface area contributed by atoms with Crippen LogP contribution in [0.5, 0.6) is 0 Å². The average molecular weight is 310 g/mol. The molecule has 2 aromatic heterocycles. The zero-order valence-corrected chi connectivity index (χ0v) is 11.4. The Morgan fingerprint density at radius 2 is 2.18 bits per heavy atom. The Hall–Kier alpha value is -2.51. The van der Waals surface area contributed by atoms with Gasteiger partial charge in [-0.15, -0.1) is 0 Å². The third-order valence-corrected chi connectivity index (χ3v) is 3.55. The number of fused-ring (bicyclic) bond motifs is 1. The highest BCUT2D eigenvalue weighted by atomic mass is 19.4. The fourth-order valence-electron chi connectivity index (χ4n) is 2.47. The summed E-state index contributed by atoms with van der Waals surface area (Å²) >= 11 is 0. The number of aromatic nitrogens is 3. The first-order chi connectivity index (χ1) is 10.4. The molecule has 0 atom stereocenters. The number of nitrogens with one attached hydrogen (secondary N) is 1. The maximum atomic E-state index is 12.9. The van der Waals surface area contributed by atoms with Crippen LogP contribution in [0.3, 0.4) is 0 Å². The molecule has 8 heteroatoms. The fraction of sp³-hybridized carbons (Fsp3) is 0.286. The maximum Gasteiger partial charge on any atom is 0.433 e. The van der Waals surface area contributed by atoms with Crippen LogP contribution in [0.1, 0.15) is 18.5 Å². The number of nitrogens with zero attached hydrogens (tertiary/aromatic N) is 2. The molecule has 1 aliphatic rings. The van der Waals surface area contributed by atoms with E-state index < -0.39 is 17.6 Å². The van der Waals surface area contributed by atoms with Crippen LogP contribution in [0.15, 0.2) is 34.7 Å². The van der Waals surface area contributed by atoms with Crippen molar-refractivity contribution in [3.8, 4) is 0 Å². The summed E-state index contributed by atoms with van der Waals surface area (Å²) in [7, 11) is 0. The van der Waals surface area contributed by atoms with E-state index in [2.05, 4.69) is 9.97 Å². The zero-order valence-electron chi connectivity index (χ0n) is 11.4. The van der Waals surface area contributed by atoms with Gasteiger partial charge in [-0.25, -0.2) is 9.78 Å². The Labute approximate surface area is 123 Å². The first kappa shape index (κ1) is 14.4. The van der Waals surface area contributed by atoms with Crippen molar-refractivity contribution in [3.63, 3.8) is 0 Å². The van der Waals surface area contributed by atoms with Crippen molar-refractivity contribution in [2.45, 2.75) is 25.6 Å². The smallest absolute Gasteiger partial charge is 0.382 e. The molecule has 0 saturated heterocycles. The van der Waals surface area contributed by atoms with Gasteiger partial charge in [0.05, 0.1) is 5.52 Å². The number of hydrogen-bond acceptors (Lipinski definition) is 3. The molecule has 0 aliphatic heterocycles. The van der Waals surface area contributed by atoms with Gasteiger partial charge in [-0.3, -0.25) is 4.57 Å². The number of hydrogen-bond donors (Lipinski definition) is 2. The Balaban J connectivity index is 2.15. The highest BCUT2D eigenvalue weighted by Gasteiger charge is 2.34. The molecule has 0 amide bonds. The second kappa shape index (κ2) is 5.04. The van der Waals surface area contributed by atoms with E-state index in [0.717, 1.165) is 24.5 Å². The summed E-state index contributed by atoms with van der Waals surface area (Å²) in [4.78, 5) is 17.8. The average Bonchev–Trinajstić information content (AvgIpc) is 2.77. The van der Waals surface area contributed by atoms with Gasteiger partial charge in [-0.1, -0.05) is 23.8 Å². The molecule has 2 aromatic rings. The third-order valence-electron chi connectivity index (χ3n) is 3.55. The van der Waals surface area contributed by atoms with Crippen LogP contribution >= 0.6 is 0 Å². The minimum atomic E-state index is -4.62. The topological polar surface area (TPSA) is 76.7 Å². The molecule has 2 heterocycles. The minimum Gasteiger partial charge on any atom is -0.382 e. The lowest BCUT2D eigenvalue weighted by Gasteiger charge is -2.11. The van der Waals surface area contributed by atoms with Crippen LogP contribution < -0.4 is 11.4 Å². The van der Waals surface area contributed by atoms with Gasteiger partial charge in [0.1, 0.15) is 17.0 Å². The SMILES string of the molecule is Nc1nc(C(F)(F)F)cc2c1[nH]c(=O)n2CC1=CC=CCC1. The van der Waals surface area contributed by atoms with Gasteiger partial charge in [0, 0.05) is 6.54 Å². The first-order valence-corrected chi connectivity index (χ1v) is 6.67. The predicted molar refractivity (Wildman–Crippen MR) is 76.2 cm³/mol. The van der Waals surface area contributed by atoms with Crippen molar-refractivity contribution < 1.29 is 13.2 Å². The van der Waals surface area contributed by atoms with Crippen molar-refractivity contribution in [1.29, 1.82) is 0 Å². The van der Waals surface area contributed by atoms with E-state index in [1.165, 1.54) is 4.57 Å². The molecule has 0 saturated carbocycles. The Bertz CT molecular complexity index is 842. The molecule has 0 spiro atoms. The summed E-state index contributed by atoms with van der Waals surface area (Å²) in [6.45, 7) is 0.226. The highest BCUT2D eigenvalue weighted by molar-refractivity contribution is 5.85. The minimum absolute atomic E-state index is 0.111. The van der Waals surface area contributed by atoms with Crippen LogP contribution in [0.4, 0.5) is 19.0 Å². The van der Waals surface area contributed by atoms with Gasteiger partial charge in [0.25, 0.3) is 0 Å². The third kappa shape index (κ3) is 2.51. The van der Waals surface area contributed by atoms with Crippen LogP contribution in [-0.2, 0) is 12.7 Å². The molecule has 3 N–H and O–H groups in total. The summed E-state index contributed by atoms with van der Waals surface area (Å²) in [5.41, 5.74) is 5.15. The van der Waals surface area contributed by atoms with E-state index in [1.807, 2.05) is 18.2 Å². The van der Waals surface area contributed by atoms with E-state index in [1.54, 1.807) is 0 Å². The number of alkyl halides is 3. The number of allylic oxidation sites excluding steroid dienone is 4. The number of anilines is 1. The molecule has 116 valence electrons. The van der Waals surface area contributed by atoms with E-state index in [9.17, 15) is 18.0 Å². The van der Waals surface area contributed by atoms with E-state index >= 15 is 0 Å². The van der Waals surface area contributed by atoms with Gasteiger partial charge < -0.3 is 10.7 Å². The summed E-state index contributed by atoms with van der Waals surface area (Å²) in [5, 5.41) is 0. The lowest BCUT2D eigenvalue weighted by atomic mass is 10.1. The predicted octanol–water partition coefficient (Wildman–Crippen LogP) is 2.60. The molecular formula is C14H13F3N4O. The number of rotatable bonds is 2. The van der Waals surface area contributed by atoms with Crippen molar-refractivity contribution in [2.24, 2.45) is 0 Å². The molecule has 0 radical (unpaired) electrons. The fourth-order valence-corrected chi connectivity index (χ4v) is 2.47. The van der Waals surface area contributed by atoms with Crippen molar-refractivity contribution in [2.75, 3.05) is 5.73 Å². The summed E-state index contributed by atoms with van der Waals surface area (Å²) in [6.07, 6.45) is 2.72. The number of nitrogens with two attached hydrogens (primary N) is 1. The maximum absolute atomic E-state index is 12.9. The normalized spacial score (nSPS) is 15.3. The van der Waals surface area contributed by atoms with E-state index in [0.29, 0.717) is 0 Å². The van der Waals surface area contributed by atoms with Crippen LogP contribution in [-0.4, -0.2) is 14.5 Å². The van der Waals surface area contributed by atoms with Gasteiger partial charge in [-0.2, -0.15) is 13.2 Å². The molecule has 0 unspecified atom stereocenters. The second-order valence-corrected chi connectivity index (χ2v) is 5.09. The van der Waals surface area contributed by atoms with Gasteiger partial charge in [0.2, 0.25) is 0 Å². The first-order valence-electron chi connectivity index (χ1n) is 6.67. The molecule has 3 rings (SSSR count). The largest absolute Gasteiger partial charge is 0.433 e. The van der Waals surface area contributed by atoms with Crippen molar-refractivity contribution in [3.05, 3.63) is 46.0 Å². The van der Waals surface area contributed by atoms with E-state index in [-0.39, 0.29) is 23.4 Å². The number of nitrogen functional groups attached to an aromatic ring is 1. The van der Waals surface area contributed by atoms with Crippen molar-refractivity contribution >= 4 is 16.9 Å². The Kier molecular flexibility index (Phi) is 3.31. The molecule has 0 fully saturated rings. The summed E-state index contributed by atoms with van der Waals surface area (Å²) in [5.74, 6) is -0.335. The Morgan fingerprint density at radius 1 is 1.41 bits per heavy atom. The van der Waals surface area contributed by atoms with E-state index in [4.69, 9.17) is 5.73 Å². The van der Waals surface area contributed by atoms with Crippen LogP contribution in [0, 0.1) is 0 Å². The second-order valence-electron chi connectivity index (χ2n) is 5.09. The Morgan fingerprint density at radius 3 is 2.82 bits per heavy atom. The molecule has 5 nitrogen and oxygen atoms in total. The quantitative estimate of drug-likeness (QED) is 0.895. The van der Waals surface area contributed by atoms with Gasteiger partial charge >= 0.3 is 11.9 Å². The van der Waals surface area contributed by atoms with Gasteiger partial charge in [-0.05, 0) is 18.9 Å². The molecule has 0 aromatic carbocycles. The number of imidazole rings is 1. The van der Waals surface area contributed by atoms with Crippen molar-refractivity contribution in [1.82, 2.24) is 14.5 Å². The highest BCUT2D eigenvalue weighted by Crippen LogP contribution is 2.31. The number of pyridine rings is 1. The van der Waals surface area contributed by atoms with Gasteiger partial charge in [0.15, 0.2) is 0 Å². The van der Waals surface area contributed by atoms with Crippen LogP contribution in [0.2, 0.25) is 0 Å². The standard InChI is InChI=1S/C14H13F3N4O/c15-14(16,17)10-6-9-11(12(18)19-10)20-13(22)21(9)7-8-4-2-1-3-5-8/h1-2,4,6H,3,5,7H2,(H2,18,19)(H,20,22). The number of H-pyrrole nitrogens is 1. The monoisotopic (exact) mass is 310 g/mol.